The molecule has 0 fully saturated rings. The van der Waals surface area contributed by atoms with Crippen molar-refractivity contribution >= 4 is 90.2 Å². The fraction of sp³-hybridized carbons (Fsp3) is 0.279. The van der Waals surface area contributed by atoms with Gasteiger partial charge in [0, 0.05) is 49.7 Å². The molecular weight excluding hydrogens is 1310 g/mol. The Hall–Kier alpha value is -8.48. The molecule has 0 atom stereocenters. The van der Waals surface area contributed by atoms with Crippen molar-refractivity contribution in [1.29, 1.82) is 0 Å². The summed E-state index contributed by atoms with van der Waals surface area (Å²) in [7, 11) is -7.81. The summed E-state index contributed by atoms with van der Waals surface area (Å²) in [5.74, 6) is 1.04. The smallest absolute Gasteiger partial charge is 0.261 e. The van der Waals surface area contributed by atoms with E-state index >= 15 is 0 Å². The molecule has 0 unspecified atom stereocenters. The number of benzene rings is 10. The van der Waals surface area contributed by atoms with Gasteiger partial charge in [0.05, 0.1) is 37.6 Å². The van der Waals surface area contributed by atoms with Crippen LogP contribution in [-0.4, -0.2) is 99.4 Å². The number of nitrogens with zero attached hydrogens (tertiary/aromatic N) is 2. The van der Waals surface area contributed by atoms with Gasteiger partial charge in [0.15, 0.2) is 12.6 Å². The van der Waals surface area contributed by atoms with Crippen molar-refractivity contribution < 1.29 is 38.1 Å². The van der Waals surface area contributed by atoms with Crippen molar-refractivity contribution in [2.75, 3.05) is 62.4 Å². The van der Waals surface area contributed by atoms with E-state index in [9.17, 15) is 9.59 Å². The van der Waals surface area contributed by atoms with Gasteiger partial charge in [-0.1, -0.05) is 320 Å². The number of carbonyl (C=O) groups excluding carboxylic acids is 2. The van der Waals surface area contributed by atoms with Crippen LogP contribution < -0.4 is 50.4 Å². The zero-order valence-corrected chi connectivity index (χ0v) is 62.2. The van der Waals surface area contributed by atoms with E-state index in [1.807, 2.05) is 95.9 Å². The van der Waals surface area contributed by atoms with Crippen LogP contribution in [0.15, 0.2) is 279 Å². The molecule has 0 amide bonds. The first kappa shape index (κ1) is 80.5. The molecule has 10 aromatic carbocycles. The molecule has 0 aliphatic carbocycles. The summed E-state index contributed by atoms with van der Waals surface area (Å²) >= 11 is 7.21. The number of hydrogen-bond acceptors (Lipinski definition) is 10. The van der Waals surface area contributed by atoms with E-state index in [0.29, 0.717) is 75.2 Å². The molecule has 10 rings (SSSR count). The summed E-state index contributed by atoms with van der Waals surface area (Å²) in [6.45, 7) is 24.3. The lowest BCUT2D eigenvalue weighted by molar-refractivity contribution is 0.111. The highest BCUT2D eigenvalue weighted by Gasteiger charge is 2.52. The third-order valence-electron chi connectivity index (χ3n) is 17.8. The summed E-state index contributed by atoms with van der Waals surface area (Å²) in [5, 5.41) is 25.6. The van der Waals surface area contributed by atoms with Gasteiger partial charge < -0.3 is 38.3 Å². The molecule has 0 heterocycles. The monoisotopic (exact) mass is 1410 g/mol. The van der Waals surface area contributed by atoms with Crippen molar-refractivity contribution in [3.05, 3.63) is 301 Å². The fourth-order valence-electron chi connectivity index (χ4n) is 12.8. The van der Waals surface area contributed by atoms with Gasteiger partial charge >= 0.3 is 0 Å². The van der Waals surface area contributed by atoms with Crippen molar-refractivity contribution in [3.8, 4) is 11.5 Å². The average molecular weight is 1410 g/mol. The molecule has 0 aliphatic rings. The summed E-state index contributed by atoms with van der Waals surface area (Å²) in [6, 6.07) is 95.0. The minimum Gasteiger partial charge on any atom is -0.488 e. The number of hydrogen-bond donors (Lipinski definition) is 2. The predicted molar refractivity (Wildman–Crippen MR) is 428 cm³/mol. The second-order valence-electron chi connectivity index (χ2n) is 27.3. The normalized spacial score (nSPS) is 11.6. The number of carbonyl (C=O) groups is 2. The van der Waals surface area contributed by atoms with Crippen LogP contribution in [0.2, 0.25) is 15.1 Å². The lowest BCUT2D eigenvalue weighted by Gasteiger charge is -2.44. The van der Waals surface area contributed by atoms with Crippen LogP contribution in [0.25, 0.3) is 0 Å². The Kier molecular flexibility index (Phi) is 30.9. The van der Waals surface area contributed by atoms with Crippen LogP contribution in [0.3, 0.4) is 0 Å². The van der Waals surface area contributed by atoms with Crippen molar-refractivity contribution in [3.63, 3.8) is 0 Å². The van der Waals surface area contributed by atoms with Crippen molar-refractivity contribution in [2.45, 2.75) is 105 Å². The van der Waals surface area contributed by atoms with Gasteiger partial charge in [-0.05, 0) is 81.6 Å². The zero-order chi connectivity index (χ0) is 70.1. The van der Waals surface area contributed by atoms with Gasteiger partial charge in [-0.2, -0.15) is 11.1 Å². The molecular formula is C86H105ClN2O8Si3. The van der Waals surface area contributed by atoms with Crippen molar-refractivity contribution in [1.82, 2.24) is 0 Å². The van der Waals surface area contributed by atoms with Gasteiger partial charge in [0.25, 0.3) is 16.6 Å². The first-order chi connectivity index (χ1) is 47.2. The van der Waals surface area contributed by atoms with Crippen LogP contribution in [-0.2, 0) is 22.1 Å². The van der Waals surface area contributed by atoms with Gasteiger partial charge in [-0.3, -0.25) is 9.59 Å². The number of aliphatic hydroxyl groups is 2. The average Bonchev–Trinajstić information content (AvgIpc) is 0.765. The Morgan fingerprint density at radius 3 is 0.870 bits per heavy atom. The van der Waals surface area contributed by atoms with Gasteiger partial charge in [-0.25, -0.2) is 0 Å². The van der Waals surface area contributed by atoms with Crippen LogP contribution in [0, 0.1) is 0 Å². The molecule has 100 heavy (non-hydrogen) atoms. The lowest BCUT2D eigenvalue weighted by atomic mass is 10.1. The van der Waals surface area contributed by atoms with Crippen LogP contribution in [0.1, 0.15) is 109 Å². The fourth-order valence-corrected chi connectivity index (χ4v) is 26.1. The van der Waals surface area contributed by atoms with E-state index in [1.54, 1.807) is 18.2 Å². The molecule has 2 N–H and O–H groups in total. The Morgan fingerprint density at radius 1 is 0.360 bits per heavy atom. The maximum Gasteiger partial charge on any atom is 0.261 e. The first-order valence-corrected chi connectivity index (χ1v) is 40.6. The summed E-state index contributed by atoms with van der Waals surface area (Å²) < 4.78 is 26.9. The summed E-state index contributed by atoms with van der Waals surface area (Å²) in [5.41, 5.74) is 4.77. The molecule has 0 aromatic heterocycles. The molecule has 0 saturated heterocycles. The van der Waals surface area contributed by atoms with Crippen molar-refractivity contribution in [2.24, 2.45) is 0 Å². The topological polar surface area (TPSA) is 118 Å². The third kappa shape index (κ3) is 20.2. The number of aldehydes is 2. The van der Waals surface area contributed by atoms with Gasteiger partial charge in [-0.15, -0.1) is 0 Å². The van der Waals surface area contributed by atoms with E-state index in [2.05, 4.69) is 237 Å². The molecule has 0 spiro atoms. The number of anilines is 2. The van der Waals surface area contributed by atoms with E-state index in [0.717, 1.165) is 35.1 Å². The number of ether oxygens (including phenoxy) is 2. The Labute approximate surface area is 605 Å². The molecule has 526 valence electrons. The second-order valence-corrected chi connectivity index (χ2v) is 41.6. The maximum atomic E-state index is 12.3. The van der Waals surface area contributed by atoms with Crippen LogP contribution in [0.5, 0.6) is 11.5 Å². The number of rotatable bonds is 28. The van der Waals surface area contributed by atoms with E-state index in [4.69, 9.17) is 39.6 Å². The summed E-state index contributed by atoms with van der Waals surface area (Å²) in [6.07, 6.45) is 1.62. The third-order valence-corrected chi connectivity index (χ3v) is 35.2. The van der Waals surface area contributed by atoms with Gasteiger partial charge in [0.1, 0.15) is 24.7 Å². The largest absolute Gasteiger partial charge is 0.488 e. The second kappa shape index (κ2) is 38.4. The van der Waals surface area contributed by atoms with Crippen LogP contribution in [0.4, 0.5) is 11.4 Å². The van der Waals surface area contributed by atoms with Crippen LogP contribution >= 0.6 is 11.1 Å². The highest BCUT2D eigenvalue weighted by molar-refractivity contribution is 7.35. The van der Waals surface area contributed by atoms with E-state index in [-0.39, 0.29) is 43.2 Å². The summed E-state index contributed by atoms with van der Waals surface area (Å²) in [4.78, 5) is 27.7. The Balaban J connectivity index is 0.000000298. The molecule has 0 bridgehead atoms. The number of aliphatic hydroxyl groups excluding tert-OH is 2. The number of halogens is 1. The molecule has 10 nitrogen and oxygen atoms in total. The minimum absolute atomic E-state index is 0. The lowest BCUT2D eigenvalue weighted by Crippen LogP contribution is -2.67. The maximum absolute atomic E-state index is 12.3. The zero-order valence-electron chi connectivity index (χ0n) is 58.4. The molecule has 0 radical (unpaired) electrons. The molecule has 14 heteroatoms. The minimum atomic E-state index is -2.79. The Morgan fingerprint density at radius 2 is 0.620 bits per heavy atom. The van der Waals surface area contributed by atoms with E-state index < -0.39 is 24.0 Å². The Bertz CT molecular complexity index is 3750. The molecule has 0 saturated carbocycles. The molecule has 10 aromatic rings. The standard InChI is InChI=1S/C50H57NO4Si2.C18H21NO4.C16H19ClSi.2CH4/c1-49(2,3)56(44-24-14-8-15-25-44,45-26-16-9-17-27-45)54-36-34-51(43-33-32-42(39-52)48(38-43)53-40-41-22-12-7-13-23-41)35-37-55-57(50(4,5)6,46-28-18-10-19-29-46)47-30-20-11-21-31-47;20-10-8-19(9-11-21)17-7-6-16(13-22)18(12-17)23-14-15-4-2-1-3-5-15;1-16(2,3)18(17,14-10-6-4-7-11-14)15-12-8-5-9-13-15;;/h7-33,38-39H,34-37,40H2,1-6H3;1-7,12-13,20-21H,8-11,14H2;4-13H,1-3H3;2*1H4. The predicted octanol–water partition coefficient (Wildman–Crippen LogP) is 16.0. The van der Waals surface area contributed by atoms with Gasteiger partial charge in [0.2, 0.25) is 7.38 Å². The van der Waals surface area contributed by atoms with E-state index in [1.165, 1.54) is 31.1 Å². The SMILES string of the molecule is C.C.CC(C)(C)[Si](Cl)(c1ccccc1)c1ccccc1.CC(C)(C)[Si](OCCN(CCO[Si](c1ccccc1)(c1ccccc1)C(C)(C)C)c1ccc(C=O)c(OCc2ccccc2)c1)(c1ccccc1)c1ccccc1.O=Cc1ccc(N(CCO)CCO)cc1OCc1ccccc1. The first-order valence-electron chi connectivity index (χ1n) is 33.8. The highest BCUT2D eigenvalue weighted by Crippen LogP contribution is 2.40. The molecule has 0 aliphatic heterocycles. The highest BCUT2D eigenvalue weighted by atomic mass is 35.6. The quantitative estimate of drug-likeness (QED) is 0.0279.